The molecule has 0 unspecified atom stereocenters. The summed E-state index contributed by atoms with van der Waals surface area (Å²) in [6, 6.07) is 16.0. The third-order valence-electron chi connectivity index (χ3n) is 4.50. The number of hydrogen-bond acceptors (Lipinski definition) is 5. The number of hydrogen-bond donors (Lipinski definition) is 2. The molecule has 146 valence electrons. The van der Waals surface area contributed by atoms with E-state index in [0.717, 1.165) is 5.56 Å². The molecular weight excluding hydrogens is 368 g/mol. The molecule has 3 aromatic heterocycles. The number of pyridine rings is 1. The molecule has 0 fully saturated rings. The van der Waals surface area contributed by atoms with Crippen molar-refractivity contribution in [3.8, 4) is 0 Å². The van der Waals surface area contributed by atoms with Crippen LogP contribution in [0.25, 0.3) is 5.65 Å². The number of furan rings is 1. The third kappa shape index (κ3) is 4.19. The number of nitrogens with zero attached hydrogens (tertiary/aromatic N) is 2. The average molecular weight is 388 g/mol. The maximum absolute atomic E-state index is 12.6. The summed E-state index contributed by atoms with van der Waals surface area (Å²) in [6.07, 6.45) is 3.33. The summed E-state index contributed by atoms with van der Waals surface area (Å²) in [4.78, 5) is 29.5. The van der Waals surface area contributed by atoms with E-state index in [0.29, 0.717) is 41.4 Å². The number of carbonyl (C=O) groups excluding carboxylic acids is 1. The molecule has 3 heterocycles. The number of nitrogens with one attached hydrogen (secondary N) is 2. The highest BCUT2D eigenvalue weighted by molar-refractivity contribution is 5.99. The number of para-hydroxylation sites is 1. The van der Waals surface area contributed by atoms with Gasteiger partial charge in [0.05, 0.1) is 30.6 Å². The first kappa shape index (κ1) is 18.5. The zero-order chi connectivity index (χ0) is 20.2. The molecular formula is C22H20N4O3. The lowest BCUT2D eigenvalue weighted by molar-refractivity contribution is 0.0949. The van der Waals surface area contributed by atoms with Gasteiger partial charge >= 0.3 is 0 Å². The maximum Gasteiger partial charge on any atom is 0.258 e. The Morgan fingerprint density at radius 1 is 1.10 bits per heavy atom. The summed E-state index contributed by atoms with van der Waals surface area (Å²) in [6.45, 7) is 2.56. The van der Waals surface area contributed by atoms with Crippen LogP contribution in [0.3, 0.4) is 0 Å². The lowest BCUT2D eigenvalue weighted by atomic mass is 10.1. The fourth-order valence-corrected chi connectivity index (χ4v) is 3.05. The van der Waals surface area contributed by atoms with Crippen molar-refractivity contribution in [3.63, 3.8) is 0 Å². The number of benzene rings is 1. The molecule has 4 aromatic rings. The predicted octanol–water partition coefficient (Wildman–Crippen LogP) is 3.14. The smallest absolute Gasteiger partial charge is 0.258 e. The molecule has 7 nitrogen and oxygen atoms in total. The normalized spacial score (nSPS) is 10.8. The number of aryl methyl sites for hydroxylation is 1. The molecule has 29 heavy (non-hydrogen) atoms. The minimum absolute atomic E-state index is 0.139. The van der Waals surface area contributed by atoms with Gasteiger partial charge in [0.1, 0.15) is 11.4 Å². The van der Waals surface area contributed by atoms with Crippen LogP contribution in [-0.2, 0) is 13.1 Å². The molecule has 1 amide bonds. The van der Waals surface area contributed by atoms with Crippen LogP contribution in [-0.4, -0.2) is 15.3 Å². The van der Waals surface area contributed by atoms with Gasteiger partial charge in [0, 0.05) is 18.0 Å². The molecule has 0 aliphatic carbocycles. The highest BCUT2D eigenvalue weighted by Crippen LogP contribution is 2.16. The Kier molecular flexibility index (Phi) is 5.11. The third-order valence-corrected chi connectivity index (χ3v) is 4.50. The minimum Gasteiger partial charge on any atom is -0.467 e. The van der Waals surface area contributed by atoms with Crippen LogP contribution in [0.15, 0.2) is 76.3 Å². The van der Waals surface area contributed by atoms with Gasteiger partial charge in [0.25, 0.3) is 11.5 Å². The average Bonchev–Trinajstić information content (AvgIpc) is 3.25. The van der Waals surface area contributed by atoms with Gasteiger partial charge in [0.15, 0.2) is 0 Å². The van der Waals surface area contributed by atoms with E-state index in [2.05, 4.69) is 15.6 Å². The van der Waals surface area contributed by atoms with E-state index in [1.165, 1.54) is 10.5 Å². The summed E-state index contributed by atoms with van der Waals surface area (Å²) in [5, 5.41) is 6.05. The largest absolute Gasteiger partial charge is 0.467 e. The Bertz CT molecular complexity index is 1210. The van der Waals surface area contributed by atoms with Gasteiger partial charge in [-0.1, -0.05) is 18.2 Å². The van der Waals surface area contributed by atoms with E-state index in [9.17, 15) is 9.59 Å². The fourth-order valence-electron chi connectivity index (χ4n) is 3.05. The zero-order valence-corrected chi connectivity index (χ0v) is 15.9. The molecule has 0 bridgehead atoms. The van der Waals surface area contributed by atoms with Gasteiger partial charge < -0.3 is 15.1 Å². The van der Waals surface area contributed by atoms with Crippen molar-refractivity contribution >= 4 is 17.2 Å². The van der Waals surface area contributed by atoms with Crippen molar-refractivity contribution in [1.82, 2.24) is 14.7 Å². The van der Waals surface area contributed by atoms with E-state index in [1.807, 2.05) is 31.2 Å². The molecule has 0 saturated heterocycles. The molecule has 2 N–H and O–H groups in total. The molecule has 0 radical (unpaired) electrons. The first-order valence-electron chi connectivity index (χ1n) is 9.22. The minimum atomic E-state index is -0.216. The molecule has 0 aliphatic heterocycles. The Balaban J connectivity index is 1.50. The molecule has 4 rings (SSSR count). The van der Waals surface area contributed by atoms with Gasteiger partial charge in [-0.3, -0.25) is 14.0 Å². The Hall–Kier alpha value is -3.87. The van der Waals surface area contributed by atoms with E-state index in [1.54, 1.807) is 36.7 Å². The van der Waals surface area contributed by atoms with Crippen LogP contribution in [0.4, 0.5) is 5.69 Å². The number of amides is 1. The van der Waals surface area contributed by atoms with Crippen molar-refractivity contribution in [1.29, 1.82) is 0 Å². The highest BCUT2D eigenvalue weighted by atomic mass is 16.3. The van der Waals surface area contributed by atoms with Gasteiger partial charge in [-0.2, -0.15) is 0 Å². The molecule has 0 aliphatic rings. The van der Waals surface area contributed by atoms with Gasteiger partial charge in [-0.25, -0.2) is 4.98 Å². The number of rotatable bonds is 6. The summed E-state index contributed by atoms with van der Waals surface area (Å²) < 4.78 is 6.76. The summed E-state index contributed by atoms with van der Waals surface area (Å²) in [5.74, 6) is 0.464. The van der Waals surface area contributed by atoms with Crippen LogP contribution in [0.5, 0.6) is 0 Å². The number of fused-ring (bicyclic) bond motifs is 1. The monoisotopic (exact) mass is 388 g/mol. The van der Waals surface area contributed by atoms with Crippen molar-refractivity contribution < 1.29 is 9.21 Å². The van der Waals surface area contributed by atoms with Gasteiger partial charge in [-0.15, -0.1) is 0 Å². The zero-order valence-electron chi connectivity index (χ0n) is 15.9. The Morgan fingerprint density at radius 2 is 1.97 bits per heavy atom. The second-order valence-corrected chi connectivity index (χ2v) is 6.68. The Labute approximate surface area is 167 Å². The maximum atomic E-state index is 12.6. The lowest BCUT2D eigenvalue weighted by Crippen LogP contribution is -2.24. The van der Waals surface area contributed by atoms with Crippen molar-refractivity contribution in [2.24, 2.45) is 0 Å². The second-order valence-electron chi connectivity index (χ2n) is 6.68. The summed E-state index contributed by atoms with van der Waals surface area (Å²) >= 11 is 0. The summed E-state index contributed by atoms with van der Waals surface area (Å²) in [5.41, 5.74) is 3.21. The van der Waals surface area contributed by atoms with Crippen LogP contribution in [0.1, 0.15) is 27.4 Å². The lowest BCUT2D eigenvalue weighted by Gasteiger charge is -2.12. The van der Waals surface area contributed by atoms with Crippen LogP contribution >= 0.6 is 0 Å². The number of carbonyl (C=O) groups is 1. The van der Waals surface area contributed by atoms with Crippen molar-refractivity contribution in [3.05, 3.63) is 100.0 Å². The molecule has 0 saturated carbocycles. The van der Waals surface area contributed by atoms with E-state index in [-0.39, 0.29) is 11.5 Å². The fraction of sp³-hybridized carbons (Fsp3) is 0.136. The molecule has 7 heteroatoms. The van der Waals surface area contributed by atoms with E-state index < -0.39 is 0 Å². The topological polar surface area (TPSA) is 88.6 Å². The quantitative estimate of drug-likeness (QED) is 0.530. The van der Waals surface area contributed by atoms with Crippen LogP contribution < -0.4 is 16.2 Å². The SMILES string of the molecule is Cc1ccc2nc(CNc3ccccc3C(=O)NCc3ccco3)cc(=O)n2c1. The first-order valence-corrected chi connectivity index (χ1v) is 9.22. The number of anilines is 1. The first-order chi connectivity index (χ1) is 14.1. The summed E-state index contributed by atoms with van der Waals surface area (Å²) in [7, 11) is 0. The van der Waals surface area contributed by atoms with E-state index >= 15 is 0 Å². The second kappa shape index (κ2) is 8.02. The van der Waals surface area contributed by atoms with Crippen LogP contribution in [0.2, 0.25) is 0 Å². The Morgan fingerprint density at radius 3 is 2.79 bits per heavy atom. The highest BCUT2D eigenvalue weighted by Gasteiger charge is 2.12. The van der Waals surface area contributed by atoms with Crippen molar-refractivity contribution in [2.45, 2.75) is 20.0 Å². The standard InChI is InChI=1S/C22H20N4O3/c1-15-8-9-20-25-16(11-21(27)26(20)14-15)12-23-19-7-3-2-6-18(19)22(28)24-13-17-5-4-10-29-17/h2-11,14,23H,12-13H2,1H3,(H,24,28). The van der Waals surface area contributed by atoms with Gasteiger partial charge in [0.2, 0.25) is 0 Å². The molecule has 1 aromatic carbocycles. The predicted molar refractivity (Wildman–Crippen MR) is 110 cm³/mol. The molecule has 0 atom stereocenters. The van der Waals surface area contributed by atoms with E-state index in [4.69, 9.17) is 4.42 Å². The van der Waals surface area contributed by atoms with Crippen LogP contribution in [0, 0.1) is 6.92 Å². The number of aromatic nitrogens is 2. The van der Waals surface area contributed by atoms with Crippen molar-refractivity contribution in [2.75, 3.05) is 5.32 Å². The molecule has 0 spiro atoms. The van der Waals surface area contributed by atoms with Gasteiger partial charge in [-0.05, 0) is 42.8 Å².